The van der Waals surface area contributed by atoms with Gasteiger partial charge in [0.15, 0.2) is 10.9 Å². The third-order valence-electron chi connectivity index (χ3n) is 3.94. The molecule has 0 saturated heterocycles. The number of nitro groups is 1. The highest BCUT2D eigenvalue weighted by atomic mass is 32.1. The molecule has 2 aromatic heterocycles. The Morgan fingerprint density at radius 1 is 1.18 bits per heavy atom. The summed E-state index contributed by atoms with van der Waals surface area (Å²) in [5.41, 5.74) is 2.11. The van der Waals surface area contributed by atoms with Crippen LogP contribution < -0.4 is 5.32 Å². The van der Waals surface area contributed by atoms with Crippen LogP contribution in [0.1, 0.15) is 5.56 Å². The molecule has 0 aliphatic rings. The summed E-state index contributed by atoms with van der Waals surface area (Å²) in [6.07, 6.45) is 2.93. The number of aromatic nitrogens is 1. The van der Waals surface area contributed by atoms with Crippen LogP contribution in [-0.2, 0) is 4.79 Å². The number of nitrogens with one attached hydrogen (secondary N) is 1. The average molecular weight is 391 g/mol. The van der Waals surface area contributed by atoms with Gasteiger partial charge in [-0.3, -0.25) is 20.2 Å². The fourth-order valence-electron chi connectivity index (χ4n) is 2.58. The number of benzene rings is 2. The lowest BCUT2D eigenvalue weighted by Gasteiger charge is -1.96. The highest BCUT2D eigenvalue weighted by molar-refractivity contribution is 7.14. The predicted molar refractivity (Wildman–Crippen MR) is 108 cm³/mol. The number of nitrogens with zero attached hydrogens (tertiary/aromatic N) is 2. The average Bonchev–Trinajstić information content (AvgIpc) is 3.33. The fraction of sp³-hybridized carbons (Fsp3) is 0. The maximum Gasteiger partial charge on any atom is 0.269 e. The number of furan rings is 1. The number of rotatable bonds is 5. The molecule has 0 atom stereocenters. The third-order valence-corrected chi connectivity index (χ3v) is 4.70. The zero-order chi connectivity index (χ0) is 19.5. The maximum absolute atomic E-state index is 12.1. The summed E-state index contributed by atoms with van der Waals surface area (Å²) in [5.74, 6) is 0.295. The van der Waals surface area contributed by atoms with Crippen LogP contribution in [0.3, 0.4) is 0 Å². The SMILES string of the molecule is O=C(/C=C\c1ccc([N+](=O)[O-])cc1)Nc1nc(-c2cc3ccccc3o2)cs1. The van der Waals surface area contributed by atoms with E-state index >= 15 is 0 Å². The molecular formula is C20H13N3O4S. The Bertz CT molecular complexity index is 1160. The Hall–Kier alpha value is -3.78. The van der Waals surface area contributed by atoms with E-state index in [4.69, 9.17) is 4.42 Å². The molecule has 7 nitrogen and oxygen atoms in total. The highest BCUT2D eigenvalue weighted by Crippen LogP contribution is 2.30. The second-order valence-corrected chi connectivity index (χ2v) is 6.72. The second-order valence-electron chi connectivity index (χ2n) is 5.86. The van der Waals surface area contributed by atoms with Gasteiger partial charge in [0.2, 0.25) is 5.91 Å². The fourth-order valence-corrected chi connectivity index (χ4v) is 3.28. The molecule has 0 spiro atoms. The first-order chi connectivity index (χ1) is 13.6. The van der Waals surface area contributed by atoms with Crippen LogP contribution in [0.5, 0.6) is 0 Å². The van der Waals surface area contributed by atoms with Crippen LogP contribution in [0, 0.1) is 10.1 Å². The van der Waals surface area contributed by atoms with Crippen molar-refractivity contribution in [3.05, 3.63) is 81.7 Å². The smallest absolute Gasteiger partial charge is 0.269 e. The van der Waals surface area contributed by atoms with E-state index in [-0.39, 0.29) is 11.6 Å². The van der Waals surface area contributed by atoms with E-state index in [1.807, 2.05) is 35.7 Å². The van der Waals surface area contributed by atoms with Crippen molar-refractivity contribution < 1.29 is 14.1 Å². The van der Waals surface area contributed by atoms with Crippen LogP contribution in [0.2, 0.25) is 0 Å². The van der Waals surface area contributed by atoms with Crippen LogP contribution in [0.15, 0.2) is 70.5 Å². The van der Waals surface area contributed by atoms with E-state index in [0.717, 1.165) is 11.0 Å². The number of thiazole rings is 1. The Morgan fingerprint density at radius 2 is 1.96 bits per heavy atom. The van der Waals surface area contributed by atoms with Crippen molar-refractivity contribution in [3.8, 4) is 11.5 Å². The minimum absolute atomic E-state index is 0.00232. The molecule has 0 fully saturated rings. The Morgan fingerprint density at radius 3 is 2.71 bits per heavy atom. The Balaban J connectivity index is 1.43. The largest absolute Gasteiger partial charge is 0.454 e. The lowest BCUT2D eigenvalue weighted by Crippen LogP contribution is -2.07. The molecule has 0 aliphatic carbocycles. The summed E-state index contributed by atoms with van der Waals surface area (Å²) in [4.78, 5) is 26.6. The van der Waals surface area contributed by atoms with Gasteiger partial charge in [0.05, 0.1) is 4.92 Å². The third kappa shape index (κ3) is 3.81. The maximum atomic E-state index is 12.1. The molecule has 2 heterocycles. The van der Waals surface area contributed by atoms with Crippen molar-refractivity contribution in [2.45, 2.75) is 0 Å². The van der Waals surface area contributed by atoms with Crippen molar-refractivity contribution in [1.82, 2.24) is 4.98 Å². The van der Waals surface area contributed by atoms with Gasteiger partial charge < -0.3 is 4.42 Å². The predicted octanol–water partition coefficient (Wildman–Crippen LogP) is 5.12. The van der Waals surface area contributed by atoms with Gasteiger partial charge in [-0.2, -0.15) is 0 Å². The van der Waals surface area contributed by atoms with E-state index < -0.39 is 4.92 Å². The number of nitro benzene ring substituents is 1. The molecule has 0 radical (unpaired) electrons. The number of fused-ring (bicyclic) bond motifs is 1. The zero-order valence-electron chi connectivity index (χ0n) is 14.4. The first-order valence-corrected chi connectivity index (χ1v) is 9.14. The molecule has 1 N–H and O–H groups in total. The lowest BCUT2D eigenvalue weighted by atomic mass is 10.2. The number of non-ortho nitro benzene ring substituents is 1. The van der Waals surface area contributed by atoms with Crippen LogP contribution in [-0.4, -0.2) is 15.8 Å². The lowest BCUT2D eigenvalue weighted by molar-refractivity contribution is -0.384. The van der Waals surface area contributed by atoms with Crippen LogP contribution in [0.25, 0.3) is 28.5 Å². The van der Waals surface area contributed by atoms with E-state index in [1.54, 1.807) is 18.2 Å². The summed E-state index contributed by atoms with van der Waals surface area (Å²) in [6.45, 7) is 0. The molecule has 0 bridgehead atoms. The number of carbonyl (C=O) groups excluding carboxylic acids is 1. The molecule has 4 aromatic rings. The molecule has 28 heavy (non-hydrogen) atoms. The molecule has 2 aromatic carbocycles. The second kappa shape index (κ2) is 7.45. The number of para-hydroxylation sites is 1. The van der Waals surface area contributed by atoms with Gasteiger partial charge in [0.1, 0.15) is 11.3 Å². The summed E-state index contributed by atoms with van der Waals surface area (Å²) in [7, 11) is 0. The first kappa shape index (κ1) is 17.6. The van der Waals surface area contributed by atoms with Gasteiger partial charge >= 0.3 is 0 Å². The summed E-state index contributed by atoms with van der Waals surface area (Å²) < 4.78 is 5.77. The van der Waals surface area contributed by atoms with Gasteiger partial charge in [0.25, 0.3) is 5.69 Å². The van der Waals surface area contributed by atoms with Crippen LogP contribution in [0.4, 0.5) is 10.8 Å². The standard InChI is InChI=1S/C20H13N3O4S/c24-19(10-7-13-5-8-15(9-6-13)23(25)26)22-20-21-16(12-28-20)18-11-14-3-1-2-4-17(14)27-18/h1-12H,(H,21,22,24)/b10-7-. The number of amides is 1. The summed E-state index contributed by atoms with van der Waals surface area (Å²) in [6, 6.07) is 15.5. The summed E-state index contributed by atoms with van der Waals surface area (Å²) >= 11 is 1.30. The van der Waals surface area contributed by atoms with Gasteiger partial charge in [-0.15, -0.1) is 11.3 Å². The van der Waals surface area contributed by atoms with E-state index in [9.17, 15) is 14.9 Å². The molecule has 8 heteroatoms. The molecule has 4 rings (SSSR count). The monoisotopic (exact) mass is 391 g/mol. The Labute approximate surface area is 163 Å². The molecule has 0 saturated carbocycles. The van der Waals surface area contributed by atoms with Gasteiger partial charge in [-0.05, 0) is 35.9 Å². The van der Waals surface area contributed by atoms with Crippen LogP contribution >= 0.6 is 11.3 Å². The molecule has 0 aliphatic heterocycles. The Kier molecular flexibility index (Phi) is 4.69. The first-order valence-electron chi connectivity index (χ1n) is 8.26. The van der Waals surface area contributed by atoms with Crippen molar-refractivity contribution in [1.29, 1.82) is 0 Å². The number of hydrogen-bond donors (Lipinski definition) is 1. The normalized spacial score (nSPS) is 11.1. The minimum atomic E-state index is -0.470. The van der Waals surface area contributed by atoms with Gasteiger partial charge in [-0.1, -0.05) is 18.2 Å². The highest BCUT2D eigenvalue weighted by Gasteiger charge is 2.11. The van der Waals surface area contributed by atoms with Gasteiger partial charge in [0, 0.05) is 29.0 Å². The molecule has 138 valence electrons. The molecule has 0 unspecified atom stereocenters. The van der Waals surface area contributed by atoms with E-state index in [0.29, 0.717) is 22.1 Å². The minimum Gasteiger partial charge on any atom is -0.454 e. The molecular weight excluding hydrogens is 378 g/mol. The number of hydrogen-bond acceptors (Lipinski definition) is 6. The number of anilines is 1. The quantitative estimate of drug-likeness (QED) is 0.289. The van der Waals surface area contributed by atoms with E-state index in [2.05, 4.69) is 10.3 Å². The zero-order valence-corrected chi connectivity index (χ0v) is 15.2. The van der Waals surface area contributed by atoms with Crippen molar-refractivity contribution >= 4 is 45.1 Å². The summed E-state index contributed by atoms with van der Waals surface area (Å²) in [5, 5.41) is 16.6. The van der Waals surface area contributed by atoms with Crippen molar-refractivity contribution in [2.75, 3.05) is 5.32 Å². The van der Waals surface area contributed by atoms with E-state index in [1.165, 1.54) is 29.5 Å². The number of carbonyl (C=O) groups is 1. The topological polar surface area (TPSA) is 98.3 Å². The van der Waals surface area contributed by atoms with Gasteiger partial charge in [-0.25, -0.2) is 4.98 Å². The molecule has 1 amide bonds. The van der Waals surface area contributed by atoms with Crippen molar-refractivity contribution in [2.24, 2.45) is 0 Å². The van der Waals surface area contributed by atoms with Crippen molar-refractivity contribution in [3.63, 3.8) is 0 Å².